The lowest BCUT2D eigenvalue weighted by Gasteiger charge is -2.34. The average molecular weight is 255 g/mol. The molecular formula is C13H21NO2S. The van der Waals surface area contributed by atoms with E-state index in [0.717, 1.165) is 5.56 Å². The maximum Gasteiger partial charge on any atom is 0.166 e. The van der Waals surface area contributed by atoms with Gasteiger partial charge in [-0.15, -0.1) is 12.6 Å². The van der Waals surface area contributed by atoms with Crippen LogP contribution >= 0.6 is 12.6 Å². The van der Waals surface area contributed by atoms with Gasteiger partial charge in [-0.2, -0.15) is 0 Å². The Labute approximate surface area is 108 Å². The van der Waals surface area contributed by atoms with Crippen LogP contribution in [-0.4, -0.2) is 33.3 Å². The van der Waals surface area contributed by atoms with Gasteiger partial charge in [0.1, 0.15) is 0 Å². The van der Waals surface area contributed by atoms with Crippen molar-refractivity contribution in [3.05, 3.63) is 35.9 Å². The van der Waals surface area contributed by atoms with Crippen LogP contribution in [0.15, 0.2) is 30.3 Å². The van der Waals surface area contributed by atoms with Crippen LogP contribution in [0.25, 0.3) is 0 Å². The van der Waals surface area contributed by atoms with E-state index in [1.54, 1.807) is 11.9 Å². The van der Waals surface area contributed by atoms with Gasteiger partial charge in [0.05, 0.1) is 6.10 Å². The van der Waals surface area contributed by atoms with Gasteiger partial charge in [-0.05, 0) is 19.0 Å². The number of rotatable bonds is 6. The molecule has 1 rings (SSSR count). The Bertz CT molecular complexity index is 329. The van der Waals surface area contributed by atoms with Gasteiger partial charge < -0.3 is 10.2 Å². The first-order valence-corrected chi connectivity index (χ1v) is 6.28. The van der Waals surface area contributed by atoms with E-state index in [2.05, 4.69) is 12.6 Å². The second-order valence-corrected chi connectivity index (χ2v) is 5.10. The summed E-state index contributed by atoms with van der Waals surface area (Å²) in [6, 6.07) is 9.87. The quantitative estimate of drug-likeness (QED) is 0.537. The lowest BCUT2D eigenvalue weighted by atomic mass is 10.1. The summed E-state index contributed by atoms with van der Waals surface area (Å²) in [5.41, 5.74) is 1.11. The van der Waals surface area contributed by atoms with Crippen molar-refractivity contribution in [2.45, 2.75) is 37.5 Å². The molecule has 0 saturated heterocycles. The number of nitrogens with zero attached hydrogens (tertiary/aromatic N) is 1. The summed E-state index contributed by atoms with van der Waals surface area (Å²) in [5.74, 6) is 0. The minimum Gasteiger partial charge on any atom is -0.393 e. The zero-order valence-electron chi connectivity index (χ0n) is 10.4. The number of aliphatic hydroxyl groups is 2. The largest absolute Gasteiger partial charge is 0.393 e. The highest BCUT2D eigenvalue weighted by Crippen LogP contribution is 2.24. The van der Waals surface area contributed by atoms with Gasteiger partial charge in [-0.1, -0.05) is 37.3 Å². The molecule has 0 aliphatic heterocycles. The van der Waals surface area contributed by atoms with Crippen LogP contribution < -0.4 is 0 Å². The lowest BCUT2D eigenvalue weighted by Crippen LogP contribution is -2.43. The van der Waals surface area contributed by atoms with E-state index in [4.69, 9.17) is 0 Å². The van der Waals surface area contributed by atoms with Gasteiger partial charge in [0.25, 0.3) is 0 Å². The second kappa shape index (κ2) is 6.40. The number of hydrogen-bond donors (Lipinski definition) is 3. The van der Waals surface area contributed by atoms with E-state index in [0.29, 0.717) is 13.0 Å². The molecule has 0 amide bonds. The fraction of sp³-hybridized carbons (Fsp3) is 0.538. The molecule has 3 nitrogen and oxygen atoms in total. The Morgan fingerprint density at radius 3 is 2.47 bits per heavy atom. The van der Waals surface area contributed by atoms with Crippen molar-refractivity contribution in [2.24, 2.45) is 0 Å². The zero-order valence-corrected chi connectivity index (χ0v) is 11.3. The molecule has 17 heavy (non-hydrogen) atoms. The standard InChI is InChI=1S/C13H21NO2S/c1-3-12(15)9-13(16,17)14(2)10-11-7-5-4-6-8-11/h4-8,12,15-17H,3,9-10H2,1-2H3. The monoisotopic (exact) mass is 255 g/mol. The molecule has 0 radical (unpaired) electrons. The minimum atomic E-state index is -1.29. The van der Waals surface area contributed by atoms with Crippen LogP contribution in [0.2, 0.25) is 0 Å². The highest BCUT2D eigenvalue weighted by molar-refractivity contribution is 7.81. The Morgan fingerprint density at radius 2 is 1.94 bits per heavy atom. The second-order valence-electron chi connectivity index (χ2n) is 4.38. The Balaban J connectivity index is 2.59. The Morgan fingerprint density at radius 1 is 1.35 bits per heavy atom. The van der Waals surface area contributed by atoms with E-state index in [1.165, 1.54) is 0 Å². The van der Waals surface area contributed by atoms with Crippen LogP contribution in [-0.2, 0) is 6.54 Å². The highest BCUT2D eigenvalue weighted by Gasteiger charge is 2.29. The number of benzene rings is 1. The molecule has 0 aliphatic rings. The van der Waals surface area contributed by atoms with Gasteiger partial charge >= 0.3 is 0 Å². The SMILES string of the molecule is CCC(O)CC(O)(S)N(C)Cc1ccccc1. The topological polar surface area (TPSA) is 43.7 Å². The van der Waals surface area contributed by atoms with Crippen molar-refractivity contribution in [3.63, 3.8) is 0 Å². The summed E-state index contributed by atoms with van der Waals surface area (Å²) in [7, 11) is 1.79. The molecule has 2 atom stereocenters. The fourth-order valence-electron chi connectivity index (χ4n) is 1.60. The Kier molecular flexibility index (Phi) is 5.46. The van der Waals surface area contributed by atoms with Gasteiger partial charge in [0, 0.05) is 13.0 Å². The fourth-order valence-corrected chi connectivity index (χ4v) is 1.88. The average Bonchev–Trinajstić information content (AvgIpc) is 2.29. The lowest BCUT2D eigenvalue weighted by molar-refractivity contribution is -0.0502. The summed E-state index contributed by atoms with van der Waals surface area (Å²) in [5, 5.41) is 18.5. The molecule has 4 heteroatoms. The molecule has 0 saturated carbocycles. The predicted molar refractivity (Wildman–Crippen MR) is 72.8 cm³/mol. The first-order chi connectivity index (χ1) is 7.95. The van der Waals surface area contributed by atoms with Crippen molar-refractivity contribution in [3.8, 4) is 0 Å². The molecule has 0 aromatic heterocycles. The van der Waals surface area contributed by atoms with E-state index in [9.17, 15) is 10.2 Å². The van der Waals surface area contributed by atoms with E-state index in [1.807, 2.05) is 37.3 Å². The zero-order chi connectivity index (χ0) is 12.9. The van der Waals surface area contributed by atoms with Crippen LogP contribution in [0.5, 0.6) is 0 Å². The predicted octanol–water partition coefficient (Wildman–Crippen LogP) is 1.86. The minimum absolute atomic E-state index is 0.232. The normalized spacial score (nSPS) is 16.8. The van der Waals surface area contributed by atoms with Crippen molar-refractivity contribution >= 4 is 12.6 Å². The number of aliphatic hydroxyl groups excluding tert-OH is 1. The molecule has 0 aliphatic carbocycles. The third kappa shape index (κ3) is 4.68. The highest BCUT2D eigenvalue weighted by atomic mass is 32.1. The molecule has 0 bridgehead atoms. The van der Waals surface area contributed by atoms with E-state index < -0.39 is 11.2 Å². The van der Waals surface area contributed by atoms with Crippen molar-refractivity contribution in [1.29, 1.82) is 0 Å². The van der Waals surface area contributed by atoms with Gasteiger partial charge in [0.15, 0.2) is 5.06 Å². The summed E-state index contributed by atoms with van der Waals surface area (Å²) in [6.07, 6.45) is 0.313. The molecule has 2 unspecified atom stereocenters. The molecular weight excluding hydrogens is 234 g/mol. The first-order valence-electron chi connectivity index (χ1n) is 5.83. The van der Waals surface area contributed by atoms with Crippen LogP contribution in [0.1, 0.15) is 25.3 Å². The number of thiol groups is 1. The smallest absolute Gasteiger partial charge is 0.166 e. The summed E-state index contributed by atoms with van der Waals surface area (Å²) >= 11 is 4.23. The number of hydrogen-bond acceptors (Lipinski definition) is 4. The summed E-state index contributed by atoms with van der Waals surface area (Å²) in [4.78, 5) is 1.73. The van der Waals surface area contributed by atoms with Crippen molar-refractivity contribution in [1.82, 2.24) is 4.90 Å². The van der Waals surface area contributed by atoms with Crippen LogP contribution in [0, 0.1) is 0 Å². The van der Waals surface area contributed by atoms with Gasteiger partial charge in [0.2, 0.25) is 0 Å². The Hall–Kier alpha value is -0.550. The maximum atomic E-state index is 10.2. The molecule has 1 aromatic carbocycles. The molecule has 2 N–H and O–H groups in total. The van der Waals surface area contributed by atoms with Crippen molar-refractivity contribution < 1.29 is 10.2 Å². The molecule has 0 heterocycles. The molecule has 1 aromatic rings. The third-order valence-corrected chi connectivity index (χ3v) is 3.38. The molecule has 0 spiro atoms. The molecule has 96 valence electrons. The van der Waals surface area contributed by atoms with Crippen molar-refractivity contribution in [2.75, 3.05) is 7.05 Å². The van der Waals surface area contributed by atoms with E-state index >= 15 is 0 Å². The van der Waals surface area contributed by atoms with E-state index in [-0.39, 0.29) is 6.42 Å². The first kappa shape index (κ1) is 14.5. The third-order valence-electron chi connectivity index (χ3n) is 2.85. The maximum absolute atomic E-state index is 10.2. The van der Waals surface area contributed by atoms with Crippen LogP contribution in [0.3, 0.4) is 0 Å². The van der Waals surface area contributed by atoms with Crippen LogP contribution in [0.4, 0.5) is 0 Å². The van der Waals surface area contributed by atoms with Gasteiger partial charge in [-0.25, -0.2) is 0 Å². The van der Waals surface area contributed by atoms with Gasteiger partial charge in [-0.3, -0.25) is 4.90 Å². The summed E-state index contributed by atoms with van der Waals surface area (Å²) < 4.78 is 0. The molecule has 0 fully saturated rings. The summed E-state index contributed by atoms with van der Waals surface area (Å²) in [6.45, 7) is 2.48.